The first-order valence-corrected chi connectivity index (χ1v) is 7.66. The van der Waals surface area contributed by atoms with Crippen LogP contribution in [-0.2, 0) is 4.74 Å². The van der Waals surface area contributed by atoms with Crippen molar-refractivity contribution in [3.05, 3.63) is 0 Å². The highest BCUT2D eigenvalue weighted by molar-refractivity contribution is 4.85. The number of nitrogens with one attached hydrogen (secondary N) is 1. The summed E-state index contributed by atoms with van der Waals surface area (Å²) in [5.74, 6) is 0.757. The van der Waals surface area contributed by atoms with Crippen molar-refractivity contribution in [2.45, 2.75) is 58.5 Å². The van der Waals surface area contributed by atoms with E-state index in [1.165, 1.54) is 25.8 Å². The molecule has 0 aromatic rings. The summed E-state index contributed by atoms with van der Waals surface area (Å²) in [7, 11) is 2.24. The predicted octanol–water partition coefficient (Wildman–Crippen LogP) is 2.51. The average Bonchev–Trinajstić information content (AvgIpc) is 2.34. The molecule has 0 amide bonds. The van der Waals surface area contributed by atoms with Crippen LogP contribution in [0.1, 0.15) is 46.5 Å². The predicted molar refractivity (Wildman–Crippen MR) is 78.0 cm³/mol. The molecule has 0 aromatic carbocycles. The van der Waals surface area contributed by atoms with Crippen molar-refractivity contribution >= 4 is 0 Å². The maximum atomic E-state index is 5.58. The van der Waals surface area contributed by atoms with Crippen LogP contribution in [0.25, 0.3) is 0 Å². The third kappa shape index (κ3) is 5.68. The third-order valence-electron chi connectivity index (χ3n) is 4.12. The molecule has 1 saturated heterocycles. The van der Waals surface area contributed by atoms with Crippen LogP contribution in [0.3, 0.4) is 0 Å². The van der Waals surface area contributed by atoms with Crippen LogP contribution in [0.4, 0.5) is 0 Å². The third-order valence-corrected chi connectivity index (χ3v) is 4.12. The van der Waals surface area contributed by atoms with Crippen LogP contribution < -0.4 is 5.32 Å². The quantitative estimate of drug-likeness (QED) is 0.675. The van der Waals surface area contributed by atoms with Gasteiger partial charge in [-0.1, -0.05) is 20.3 Å². The van der Waals surface area contributed by atoms with E-state index in [1.54, 1.807) is 0 Å². The Morgan fingerprint density at radius 3 is 2.67 bits per heavy atom. The number of rotatable bonds is 8. The van der Waals surface area contributed by atoms with Gasteiger partial charge >= 0.3 is 0 Å². The summed E-state index contributed by atoms with van der Waals surface area (Å²) < 4.78 is 5.58. The number of likely N-dealkylation sites (tertiary alicyclic amines) is 1. The zero-order valence-electron chi connectivity index (χ0n) is 12.7. The molecule has 0 saturated carbocycles. The van der Waals surface area contributed by atoms with Crippen LogP contribution in [0.15, 0.2) is 0 Å². The standard InChI is InChI=1S/C15H32N2O/c1-5-6-9-18-10-7-8-16-15-11-14(3)17(4)12-13(15)2/h13-16H,5-12H2,1-4H3. The summed E-state index contributed by atoms with van der Waals surface area (Å²) in [6.07, 6.45) is 4.83. The monoisotopic (exact) mass is 256 g/mol. The molecule has 18 heavy (non-hydrogen) atoms. The lowest BCUT2D eigenvalue weighted by Gasteiger charge is -2.40. The molecule has 3 unspecified atom stereocenters. The fraction of sp³-hybridized carbons (Fsp3) is 1.00. The Morgan fingerprint density at radius 2 is 1.94 bits per heavy atom. The fourth-order valence-electron chi connectivity index (χ4n) is 2.64. The number of unbranched alkanes of at least 4 members (excludes halogenated alkanes) is 1. The molecule has 3 nitrogen and oxygen atoms in total. The maximum Gasteiger partial charge on any atom is 0.0478 e. The largest absolute Gasteiger partial charge is 0.381 e. The molecule has 1 rings (SSSR count). The summed E-state index contributed by atoms with van der Waals surface area (Å²) in [4.78, 5) is 2.47. The molecule has 1 aliphatic rings. The van der Waals surface area contributed by atoms with E-state index in [2.05, 4.69) is 38.0 Å². The van der Waals surface area contributed by atoms with Crippen LogP contribution in [0.5, 0.6) is 0 Å². The van der Waals surface area contributed by atoms with E-state index in [0.29, 0.717) is 12.1 Å². The Bertz CT molecular complexity index is 211. The Balaban J connectivity index is 2.04. The SMILES string of the molecule is CCCCOCCCNC1CC(C)N(C)CC1C. The van der Waals surface area contributed by atoms with Gasteiger partial charge < -0.3 is 15.0 Å². The molecule has 1 fully saturated rings. The number of ether oxygens (including phenoxy) is 1. The van der Waals surface area contributed by atoms with Gasteiger partial charge in [0.1, 0.15) is 0 Å². The van der Waals surface area contributed by atoms with Gasteiger partial charge in [-0.2, -0.15) is 0 Å². The molecular weight excluding hydrogens is 224 g/mol. The van der Waals surface area contributed by atoms with Gasteiger partial charge in [0.25, 0.3) is 0 Å². The minimum absolute atomic E-state index is 0.687. The van der Waals surface area contributed by atoms with Crippen molar-refractivity contribution in [2.75, 3.05) is 33.4 Å². The highest BCUT2D eigenvalue weighted by Gasteiger charge is 2.27. The van der Waals surface area contributed by atoms with E-state index < -0.39 is 0 Å². The van der Waals surface area contributed by atoms with Crippen LogP contribution in [-0.4, -0.2) is 50.3 Å². The van der Waals surface area contributed by atoms with Gasteiger partial charge in [0, 0.05) is 31.8 Å². The number of hydrogen-bond donors (Lipinski definition) is 1. The molecule has 0 aliphatic carbocycles. The zero-order valence-corrected chi connectivity index (χ0v) is 12.7. The Labute approximate surface area is 113 Å². The van der Waals surface area contributed by atoms with Crippen LogP contribution >= 0.6 is 0 Å². The van der Waals surface area contributed by atoms with E-state index in [4.69, 9.17) is 4.74 Å². The molecule has 108 valence electrons. The van der Waals surface area contributed by atoms with Gasteiger partial charge in [-0.25, -0.2) is 0 Å². The maximum absolute atomic E-state index is 5.58. The van der Waals surface area contributed by atoms with Gasteiger partial charge in [0.2, 0.25) is 0 Å². The highest BCUT2D eigenvalue weighted by atomic mass is 16.5. The first-order valence-electron chi connectivity index (χ1n) is 7.66. The summed E-state index contributed by atoms with van der Waals surface area (Å²) in [6, 6.07) is 1.39. The van der Waals surface area contributed by atoms with Gasteiger partial charge in [-0.3, -0.25) is 0 Å². The lowest BCUT2D eigenvalue weighted by Crippen LogP contribution is -2.51. The molecule has 0 radical (unpaired) electrons. The molecule has 1 aliphatic heterocycles. The van der Waals surface area contributed by atoms with Gasteiger partial charge in [0.05, 0.1) is 0 Å². The summed E-state index contributed by atoms with van der Waals surface area (Å²) >= 11 is 0. The lowest BCUT2D eigenvalue weighted by molar-refractivity contribution is 0.111. The minimum atomic E-state index is 0.687. The lowest BCUT2D eigenvalue weighted by atomic mass is 9.90. The van der Waals surface area contributed by atoms with E-state index in [1.807, 2.05) is 0 Å². The summed E-state index contributed by atoms with van der Waals surface area (Å²) in [6.45, 7) is 11.0. The number of piperidine rings is 1. The smallest absolute Gasteiger partial charge is 0.0478 e. The second-order valence-electron chi connectivity index (χ2n) is 5.88. The zero-order chi connectivity index (χ0) is 13.4. The van der Waals surface area contributed by atoms with Crippen LogP contribution in [0, 0.1) is 5.92 Å². The van der Waals surface area contributed by atoms with E-state index in [0.717, 1.165) is 32.1 Å². The Kier molecular flexibility index (Phi) is 7.87. The molecule has 3 heteroatoms. The molecular formula is C15H32N2O. The fourth-order valence-corrected chi connectivity index (χ4v) is 2.64. The van der Waals surface area contributed by atoms with Crippen molar-refractivity contribution < 1.29 is 4.74 Å². The molecule has 3 atom stereocenters. The van der Waals surface area contributed by atoms with Crippen LogP contribution in [0.2, 0.25) is 0 Å². The molecule has 1 heterocycles. The molecule has 1 N–H and O–H groups in total. The van der Waals surface area contributed by atoms with Gasteiger partial charge in [0.15, 0.2) is 0 Å². The van der Waals surface area contributed by atoms with Gasteiger partial charge in [-0.05, 0) is 45.7 Å². The van der Waals surface area contributed by atoms with Crippen molar-refractivity contribution in [1.29, 1.82) is 0 Å². The number of nitrogens with zero attached hydrogens (tertiary/aromatic N) is 1. The summed E-state index contributed by atoms with van der Waals surface area (Å²) in [5.41, 5.74) is 0. The highest BCUT2D eigenvalue weighted by Crippen LogP contribution is 2.20. The van der Waals surface area contributed by atoms with Crippen molar-refractivity contribution in [1.82, 2.24) is 10.2 Å². The van der Waals surface area contributed by atoms with Crippen molar-refractivity contribution in [3.8, 4) is 0 Å². The average molecular weight is 256 g/mol. The second kappa shape index (κ2) is 8.89. The van der Waals surface area contributed by atoms with E-state index in [-0.39, 0.29) is 0 Å². The minimum Gasteiger partial charge on any atom is -0.381 e. The second-order valence-corrected chi connectivity index (χ2v) is 5.88. The first-order chi connectivity index (χ1) is 8.65. The molecule has 0 aromatic heterocycles. The Hall–Kier alpha value is -0.120. The first kappa shape index (κ1) is 15.9. The topological polar surface area (TPSA) is 24.5 Å². The normalized spacial score (nSPS) is 29.7. The van der Waals surface area contributed by atoms with Gasteiger partial charge in [-0.15, -0.1) is 0 Å². The molecule has 0 spiro atoms. The van der Waals surface area contributed by atoms with E-state index >= 15 is 0 Å². The number of hydrogen-bond acceptors (Lipinski definition) is 3. The van der Waals surface area contributed by atoms with Crippen molar-refractivity contribution in [2.24, 2.45) is 5.92 Å². The summed E-state index contributed by atoms with van der Waals surface area (Å²) in [5, 5.41) is 3.71. The van der Waals surface area contributed by atoms with E-state index in [9.17, 15) is 0 Å². The van der Waals surface area contributed by atoms with Crippen molar-refractivity contribution in [3.63, 3.8) is 0 Å². The Morgan fingerprint density at radius 1 is 1.22 bits per heavy atom. The molecule has 0 bridgehead atoms.